The number of halogens is 1. The van der Waals surface area contributed by atoms with Crippen molar-refractivity contribution in [3.8, 4) is 0 Å². The smallest absolute Gasteiger partial charge is 0.267 e. The summed E-state index contributed by atoms with van der Waals surface area (Å²) in [6.07, 6.45) is 5.69. The lowest BCUT2D eigenvalue weighted by Gasteiger charge is -2.30. The van der Waals surface area contributed by atoms with Crippen LogP contribution in [0.25, 0.3) is 0 Å². The van der Waals surface area contributed by atoms with Gasteiger partial charge in [-0.25, -0.2) is 4.98 Å². The van der Waals surface area contributed by atoms with Gasteiger partial charge in [0.15, 0.2) is 5.82 Å². The number of nitrogens with zero attached hydrogens (tertiary/aromatic N) is 2. The van der Waals surface area contributed by atoms with E-state index in [4.69, 9.17) is 0 Å². The number of hydrogen-bond acceptors (Lipinski definition) is 4. The normalized spacial score (nSPS) is 21.3. The number of H-pyrrole nitrogens is 1. The Morgan fingerprint density at radius 3 is 3.12 bits per heavy atom. The van der Waals surface area contributed by atoms with Crippen molar-refractivity contribution in [2.45, 2.75) is 31.7 Å². The number of aromatic amines is 1. The Morgan fingerprint density at radius 1 is 1.53 bits per heavy atom. The maximum absolute atomic E-state index is 11.5. The molecular formula is C11H16BrN3O2. The number of aliphatic hydroxyl groups is 1. The molecule has 1 aromatic heterocycles. The Morgan fingerprint density at radius 2 is 2.35 bits per heavy atom. The molecule has 1 unspecified atom stereocenters. The Labute approximate surface area is 108 Å². The Bertz CT molecular complexity index is 435. The molecule has 2 N–H and O–H groups in total. The van der Waals surface area contributed by atoms with E-state index < -0.39 is 0 Å². The van der Waals surface area contributed by atoms with Crippen LogP contribution < -0.4 is 10.5 Å². The molecule has 1 atom stereocenters. The van der Waals surface area contributed by atoms with Gasteiger partial charge in [-0.3, -0.25) is 4.79 Å². The summed E-state index contributed by atoms with van der Waals surface area (Å²) in [6, 6.07) is 0.0584. The topological polar surface area (TPSA) is 69.2 Å². The van der Waals surface area contributed by atoms with Gasteiger partial charge in [-0.1, -0.05) is 12.8 Å². The third kappa shape index (κ3) is 2.69. The second kappa shape index (κ2) is 5.64. The molecule has 1 aliphatic rings. The SMILES string of the molecule is O=c1[nH]cnc(N2CCCCCC2CO)c1Br. The Balaban J connectivity index is 2.35. The number of aromatic nitrogens is 2. The summed E-state index contributed by atoms with van der Waals surface area (Å²) in [5.41, 5.74) is -0.184. The fourth-order valence-electron chi connectivity index (χ4n) is 2.22. The van der Waals surface area contributed by atoms with Crippen LogP contribution in [0.1, 0.15) is 25.7 Å². The quantitative estimate of drug-likeness (QED) is 0.863. The van der Waals surface area contributed by atoms with Gasteiger partial charge in [0.05, 0.1) is 19.0 Å². The van der Waals surface area contributed by atoms with Gasteiger partial charge in [0.1, 0.15) is 4.47 Å². The van der Waals surface area contributed by atoms with Crippen LogP contribution in [0.2, 0.25) is 0 Å². The highest BCUT2D eigenvalue weighted by molar-refractivity contribution is 9.10. The molecule has 94 valence electrons. The zero-order valence-corrected chi connectivity index (χ0v) is 11.1. The van der Waals surface area contributed by atoms with Gasteiger partial charge in [0.2, 0.25) is 0 Å². The van der Waals surface area contributed by atoms with Crippen molar-refractivity contribution >= 4 is 21.7 Å². The fraction of sp³-hybridized carbons (Fsp3) is 0.636. The maximum Gasteiger partial charge on any atom is 0.267 e. The van der Waals surface area contributed by atoms with Crippen LogP contribution >= 0.6 is 15.9 Å². The van der Waals surface area contributed by atoms with E-state index in [1.165, 1.54) is 6.33 Å². The predicted molar refractivity (Wildman–Crippen MR) is 69.2 cm³/mol. The lowest BCUT2D eigenvalue weighted by Crippen LogP contribution is -2.39. The fourth-order valence-corrected chi connectivity index (χ4v) is 2.66. The number of hydrogen-bond donors (Lipinski definition) is 2. The summed E-state index contributed by atoms with van der Waals surface area (Å²) >= 11 is 3.27. The lowest BCUT2D eigenvalue weighted by molar-refractivity contribution is 0.254. The molecule has 0 aromatic carbocycles. The van der Waals surface area contributed by atoms with Gasteiger partial charge in [0.25, 0.3) is 5.56 Å². The van der Waals surface area contributed by atoms with Gasteiger partial charge < -0.3 is 15.0 Å². The molecule has 0 amide bonds. The van der Waals surface area contributed by atoms with Crippen LogP contribution in [0.3, 0.4) is 0 Å². The van der Waals surface area contributed by atoms with Gasteiger partial charge in [-0.05, 0) is 28.8 Å². The average Bonchev–Trinajstić information content (AvgIpc) is 2.57. The highest BCUT2D eigenvalue weighted by atomic mass is 79.9. The Hall–Kier alpha value is -0.880. The molecule has 5 nitrogen and oxygen atoms in total. The summed E-state index contributed by atoms with van der Waals surface area (Å²) in [5.74, 6) is 0.634. The second-order valence-corrected chi connectivity index (χ2v) is 5.04. The Kier molecular flexibility index (Phi) is 4.17. The summed E-state index contributed by atoms with van der Waals surface area (Å²) in [7, 11) is 0. The lowest BCUT2D eigenvalue weighted by atomic mass is 10.1. The summed E-state index contributed by atoms with van der Waals surface area (Å²) in [5, 5.41) is 9.44. The predicted octanol–water partition coefficient (Wildman–Crippen LogP) is 1.27. The molecule has 1 aromatic rings. The average molecular weight is 302 g/mol. The molecule has 2 rings (SSSR count). The first kappa shape index (κ1) is 12.6. The standard InChI is InChI=1S/C11H16BrN3O2/c12-9-10(13-7-14-11(9)17)15-5-3-1-2-4-8(15)6-16/h7-8,16H,1-6H2,(H,13,14,17). The third-order valence-corrected chi connectivity index (χ3v) is 3.85. The van der Waals surface area contributed by atoms with Crippen LogP contribution in [0.5, 0.6) is 0 Å². The highest BCUT2D eigenvalue weighted by Crippen LogP contribution is 2.26. The monoisotopic (exact) mass is 301 g/mol. The first-order valence-electron chi connectivity index (χ1n) is 5.84. The van der Waals surface area contributed by atoms with Gasteiger partial charge in [-0.2, -0.15) is 0 Å². The molecule has 0 spiro atoms. The molecule has 2 heterocycles. The third-order valence-electron chi connectivity index (χ3n) is 3.14. The van der Waals surface area contributed by atoms with Gasteiger partial charge in [0, 0.05) is 6.54 Å². The largest absolute Gasteiger partial charge is 0.394 e. The van der Waals surface area contributed by atoms with Crippen LogP contribution in [-0.4, -0.2) is 34.3 Å². The van der Waals surface area contributed by atoms with Crippen molar-refractivity contribution in [3.05, 3.63) is 21.2 Å². The van der Waals surface area contributed by atoms with E-state index in [1.54, 1.807) is 0 Å². The van der Waals surface area contributed by atoms with E-state index in [0.29, 0.717) is 10.3 Å². The highest BCUT2D eigenvalue weighted by Gasteiger charge is 2.23. The number of anilines is 1. The van der Waals surface area contributed by atoms with Gasteiger partial charge >= 0.3 is 0 Å². The van der Waals surface area contributed by atoms with Crippen molar-refractivity contribution < 1.29 is 5.11 Å². The number of rotatable bonds is 2. The van der Waals surface area contributed by atoms with Crippen LogP contribution in [0.4, 0.5) is 5.82 Å². The maximum atomic E-state index is 11.5. The minimum Gasteiger partial charge on any atom is -0.394 e. The molecule has 1 saturated heterocycles. The van der Waals surface area contributed by atoms with E-state index in [0.717, 1.165) is 32.2 Å². The van der Waals surface area contributed by atoms with Crippen LogP contribution in [0, 0.1) is 0 Å². The summed E-state index contributed by atoms with van der Waals surface area (Å²) < 4.78 is 0.445. The first-order chi connectivity index (χ1) is 8.24. The van der Waals surface area contributed by atoms with Crippen LogP contribution in [-0.2, 0) is 0 Å². The molecule has 0 bridgehead atoms. The zero-order chi connectivity index (χ0) is 12.3. The van der Waals surface area contributed by atoms with Crippen molar-refractivity contribution in [2.75, 3.05) is 18.1 Å². The number of nitrogens with one attached hydrogen (secondary N) is 1. The molecule has 17 heavy (non-hydrogen) atoms. The molecule has 0 aliphatic carbocycles. The molecule has 1 aliphatic heterocycles. The van der Waals surface area contributed by atoms with E-state index in [2.05, 4.69) is 25.9 Å². The van der Waals surface area contributed by atoms with E-state index >= 15 is 0 Å². The molecule has 0 radical (unpaired) electrons. The summed E-state index contributed by atoms with van der Waals surface area (Å²) in [6.45, 7) is 0.932. The summed E-state index contributed by atoms with van der Waals surface area (Å²) in [4.78, 5) is 20.3. The minimum atomic E-state index is -0.184. The molecule has 1 fully saturated rings. The van der Waals surface area contributed by atoms with E-state index in [-0.39, 0.29) is 18.2 Å². The van der Waals surface area contributed by atoms with E-state index in [1.807, 2.05) is 4.90 Å². The molecular weight excluding hydrogens is 286 g/mol. The number of aliphatic hydroxyl groups excluding tert-OH is 1. The van der Waals surface area contributed by atoms with Gasteiger partial charge in [-0.15, -0.1) is 0 Å². The second-order valence-electron chi connectivity index (χ2n) is 4.25. The molecule has 6 heteroatoms. The molecule has 0 saturated carbocycles. The van der Waals surface area contributed by atoms with Crippen LogP contribution in [0.15, 0.2) is 15.6 Å². The minimum absolute atomic E-state index is 0.0584. The first-order valence-corrected chi connectivity index (χ1v) is 6.64. The van der Waals surface area contributed by atoms with Crippen molar-refractivity contribution in [1.29, 1.82) is 0 Å². The van der Waals surface area contributed by atoms with Crippen molar-refractivity contribution in [3.63, 3.8) is 0 Å². The van der Waals surface area contributed by atoms with Crippen molar-refractivity contribution in [1.82, 2.24) is 9.97 Å². The van der Waals surface area contributed by atoms with E-state index in [9.17, 15) is 9.90 Å². The zero-order valence-electron chi connectivity index (χ0n) is 9.53. The van der Waals surface area contributed by atoms with Crippen molar-refractivity contribution in [2.24, 2.45) is 0 Å².